The van der Waals surface area contributed by atoms with Crippen LogP contribution in [-0.2, 0) is 16.1 Å². The van der Waals surface area contributed by atoms with E-state index in [0.717, 1.165) is 18.7 Å². The van der Waals surface area contributed by atoms with Gasteiger partial charge in [0, 0.05) is 33.3 Å². The highest BCUT2D eigenvalue weighted by molar-refractivity contribution is 5.91. The fourth-order valence-electron chi connectivity index (χ4n) is 2.93. The second-order valence-corrected chi connectivity index (χ2v) is 7.01. The zero-order valence-electron chi connectivity index (χ0n) is 18.3. The Bertz CT molecular complexity index is 928. The van der Waals surface area contributed by atoms with Crippen LogP contribution < -0.4 is 24.6 Å². The maximum absolute atomic E-state index is 12.3. The number of nitrogens with one attached hydrogen (secondary N) is 1. The fourth-order valence-corrected chi connectivity index (χ4v) is 2.93. The average molecular weight is 428 g/mol. The lowest BCUT2D eigenvalue weighted by Gasteiger charge is -2.27. The molecule has 1 aliphatic rings. The summed E-state index contributed by atoms with van der Waals surface area (Å²) in [5, 5.41) is 2.82. The Morgan fingerprint density at radius 2 is 1.90 bits per heavy atom. The highest BCUT2D eigenvalue weighted by Crippen LogP contribution is 2.27. The van der Waals surface area contributed by atoms with Crippen molar-refractivity contribution < 1.29 is 19.0 Å². The molecule has 2 heterocycles. The standard InChI is InChI=1S/C21H28N6O4/c1-26(2)20-23-18(24-21(25-20)27-9-11-31-12-10-27)14-22-19(28)8-6-15-5-7-16(29-3)17(13-15)30-4/h5-8,13H,9-12,14H2,1-4H3,(H,22,28)/b8-6+. The summed E-state index contributed by atoms with van der Waals surface area (Å²) in [7, 11) is 6.88. The number of amides is 1. The van der Waals surface area contributed by atoms with Gasteiger partial charge in [0.05, 0.1) is 34.0 Å². The third-order valence-corrected chi connectivity index (χ3v) is 4.61. The number of carbonyl (C=O) groups is 1. The molecule has 0 unspecified atom stereocenters. The maximum atomic E-state index is 12.3. The predicted molar refractivity (Wildman–Crippen MR) is 118 cm³/mol. The number of rotatable bonds is 8. The molecule has 166 valence electrons. The van der Waals surface area contributed by atoms with E-state index in [0.29, 0.717) is 42.4 Å². The molecule has 1 saturated heterocycles. The first-order chi connectivity index (χ1) is 15.0. The third kappa shape index (κ3) is 6.05. The Balaban J connectivity index is 1.66. The molecule has 31 heavy (non-hydrogen) atoms. The summed E-state index contributed by atoms with van der Waals surface area (Å²) in [5.41, 5.74) is 0.817. The molecule has 2 aromatic rings. The molecule has 1 fully saturated rings. The number of aromatic nitrogens is 3. The summed E-state index contributed by atoms with van der Waals surface area (Å²) in [6.45, 7) is 2.90. The number of hydrogen-bond acceptors (Lipinski definition) is 9. The fraction of sp³-hybridized carbons (Fsp3) is 0.429. The molecule has 0 saturated carbocycles. The number of benzene rings is 1. The van der Waals surface area contributed by atoms with Gasteiger partial charge in [0.2, 0.25) is 17.8 Å². The van der Waals surface area contributed by atoms with Crippen molar-refractivity contribution in [2.75, 3.05) is 64.4 Å². The van der Waals surface area contributed by atoms with E-state index >= 15 is 0 Å². The Morgan fingerprint density at radius 1 is 1.16 bits per heavy atom. The van der Waals surface area contributed by atoms with Gasteiger partial charge in [-0.3, -0.25) is 4.79 Å². The number of carbonyl (C=O) groups excluding carboxylic acids is 1. The van der Waals surface area contributed by atoms with Crippen molar-refractivity contribution in [3.63, 3.8) is 0 Å². The molecule has 3 rings (SSSR count). The average Bonchev–Trinajstić information content (AvgIpc) is 2.81. The van der Waals surface area contributed by atoms with Crippen LogP contribution in [0.15, 0.2) is 24.3 Å². The summed E-state index contributed by atoms with van der Waals surface area (Å²) in [4.78, 5) is 29.7. The summed E-state index contributed by atoms with van der Waals surface area (Å²) >= 11 is 0. The summed E-state index contributed by atoms with van der Waals surface area (Å²) < 4.78 is 15.9. The van der Waals surface area contributed by atoms with Crippen LogP contribution in [0.1, 0.15) is 11.4 Å². The molecule has 0 radical (unpaired) electrons. The van der Waals surface area contributed by atoms with E-state index in [9.17, 15) is 4.79 Å². The van der Waals surface area contributed by atoms with E-state index in [1.807, 2.05) is 25.1 Å². The van der Waals surface area contributed by atoms with Gasteiger partial charge < -0.3 is 29.3 Å². The van der Waals surface area contributed by atoms with Crippen molar-refractivity contribution in [2.24, 2.45) is 0 Å². The van der Waals surface area contributed by atoms with Gasteiger partial charge in [-0.05, 0) is 23.8 Å². The lowest BCUT2D eigenvalue weighted by molar-refractivity contribution is -0.116. The zero-order chi connectivity index (χ0) is 22.2. The van der Waals surface area contributed by atoms with E-state index in [1.54, 1.807) is 32.4 Å². The molecule has 0 bridgehead atoms. The molecule has 10 nitrogen and oxygen atoms in total. The minimum Gasteiger partial charge on any atom is -0.493 e. The molecule has 1 amide bonds. The van der Waals surface area contributed by atoms with E-state index in [4.69, 9.17) is 14.2 Å². The molecular formula is C21H28N6O4. The van der Waals surface area contributed by atoms with E-state index in [2.05, 4.69) is 25.2 Å². The van der Waals surface area contributed by atoms with Crippen molar-refractivity contribution in [1.82, 2.24) is 20.3 Å². The normalized spacial score (nSPS) is 13.9. The SMILES string of the molecule is COc1ccc(/C=C/C(=O)NCc2nc(N(C)C)nc(N3CCOCC3)n2)cc1OC. The van der Waals surface area contributed by atoms with Crippen LogP contribution in [0, 0.1) is 0 Å². The molecule has 0 aliphatic carbocycles. The lowest BCUT2D eigenvalue weighted by Crippen LogP contribution is -2.38. The molecule has 1 aromatic heterocycles. The van der Waals surface area contributed by atoms with Crippen LogP contribution in [0.4, 0.5) is 11.9 Å². The first kappa shape index (κ1) is 22.3. The van der Waals surface area contributed by atoms with Crippen molar-refractivity contribution in [2.45, 2.75) is 6.54 Å². The van der Waals surface area contributed by atoms with E-state index in [1.165, 1.54) is 6.08 Å². The molecule has 1 aliphatic heterocycles. The largest absolute Gasteiger partial charge is 0.493 e. The second-order valence-electron chi connectivity index (χ2n) is 7.01. The molecule has 0 atom stereocenters. The Morgan fingerprint density at radius 3 is 2.58 bits per heavy atom. The van der Waals surface area contributed by atoms with Crippen LogP contribution in [0.2, 0.25) is 0 Å². The molecule has 0 spiro atoms. The summed E-state index contributed by atoms with van der Waals surface area (Å²) in [6.07, 6.45) is 3.16. The number of methoxy groups -OCH3 is 2. The summed E-state index contributed by atoms with van der Waals surface area (Å²) in [5.74, 6) is 2.60. The van der Waals surface area contributed by atoms with Crippen LogP contribution in [0.3, 0.4) is 0 Å². The zero-order valence-corrected chi connectivity index (χ0v) is 18.3. The topological polar surface area (TPSA) is 102 Å². The van der Waals surface area contributed by atoms with Gasteiger partial charge in [-0.2, -0.15) is 15.0 Å². The van der Waals surface area contributed by atoms with Gasteiger partial charge in [0.25, 0.3) is 0 Å². The highest BCUT2D eigenvalue weighted by Gasteiger charge is 2.17. The van der Waals surface area contributed by atoms with Crippen LogP contribution in [-0.4, -0.2) is 75.5 Å². The predicted octanol–water partition coefficient (Wildman–Crippen LogP) is 1.12. The Kier molecular flexibility index (Phi) is 7.60. The molecule has 1 N–H and O–H groups in total. The monoisotopic (exact) mass is 428 g/mol. The minimum atomic E-state index is -0.255. The van der Waals surface area contributed by atoms with Crippen molar-refractivity contribution >= 4 is 23.9 Å². The summed E-state index contributed by atoms with van der Waals surface area (Å²) in [6, 6.07) is 5.43. The number of anilines is 2. The van der Waals surface area contributed by atoms with Gasteiger partial charge in [0.15, 0.2) is 17.3 Å². The van der Waals surface area contributed by atoms with Crippen molar-refractivity contribution in [1.29, 1.82) is 0 Å². The van der Waals surface area contributed by atoms with Gasteiger partial charge in [-0.1, -0.05) is 6.07 Å². The van der Waals surface area contributed by atoms with Crippen LogP contribution >= 0.6 is 0 Å². The number of morpholine rings is 1. The lowest BCUT2D eigenvalue weighted by atomic mass is 10.2. The quantitative estimate of drug-likeness (QED) is 0.620. The first-order valence-corrected chi connectivity index (χ1v) is 9.93. The smallest absolute Gasteiger partial charge is 0.244 e. The van der Waals surface area contributed by atoms with Gasteiger partial charge in [-0.15, -0.1) is 0 Å². The first-order valence-electron chi connectivity index (χ1n) is 9.93. The number of ether oxygens (including phenoxy) is 3. The highest BCUT2D eigenvalue weighted by atomic mass is 16.5. The third-order valence-electron chi connectivity index (χ3n) is 4.61. The number of hydrogen-bond donors (Lipinski definition) is 1. The van der Waals surface area contributed by atoms with Gasteiger partial charge in [-0.25, -0.2) is 0 Å². The van der Waals surface area contributed by atoms with E-state index in [-0.39, 0.29) is 12.5 Å². The van der Waals surface area contributed by atoms with Gasteiger partial charge >= 0.3 is 0 Å². The van der Waals surface area contributed by atoms with Gasteiger partial charge in [0.1, 0.15) is 0 Å². The molecule has 1 aromatic carbocycles. The molecular weight excluding hydrogens is 400 g/mol. The van der Waals surface area contributed by atoms with Crippen LogP contribution in [0.5, 0.6) is 11.5 Å². The Labute approximate surface area is 181 Å². The Hall–Kier alpha value is -3.40. The maximum Gasteiger partial charge on any atom is 0.244 e. The molecule has 10 heteroatoms. The van der Waals surface area contributed by atoms with Crippen molar-refractivity contribution in [3.05, 3.63) is 35.7 Å². The van der Waals surface area contributed by atoms with Crippen LogP contribution in [0.25, 0.3) is 6.08 Å². The van der Waals surface area contributed by atoms with Crippen molar-refractivity contribution in [3.8, 4) is 11.5 Å². The minimum absolute atomic E-state index is 0.190. The van der Waals surface area contributed by atoms with E-state index < -0.39 is 0 Å². The second kappa shape index (κ2) is 10.6. The number of nitrogens with zero attached hydrogens (tertiary/aromatic N) is 5.